The Morgan fingerprint density at radius 2 is 2.12 bits per heavy atom. The van der Waals surface area contributed by atoms with Crippen LogP contribution in [-0.4, -0.2) is 30.1 Å². The van der Waals surface area contributed by atoms with Gasteiger partial charge < -0.3 is 15.7 Å². The van der Waals surface area contributed by atoms with E-state index in [-0.39, 0.29) is 18.4 Å². The molecule has 0 saturated heterocycles. The van der Waals surface area contributed by atoms with Gasteiger partial charge in [-0.2, -0.15) is 0 Å². The molecule has 0 aliphatic heterocycles. The van der Waals surface area contributed by atoms with Crippen LogP contribution in [0.4, 0.5) is 11.4 Å². The fourth-order valence-corrected chi connectivity index (χ4v) is 1.82. The molecular weight excluding hydrogens is 216 g/mol. The topological polar surface area (TPSA) is 66.6 Å². The molecule has 0 saturated carbocycles. The van der Waals surface area contributed by atoms with Crippen LogP contribution in [0.1, 0.15) is 31.1 Å². The molecule has 0 heterocycles. The summed E-state index contributed by atoms with van der Waals surface area (Å²) >= 11 is 0. The normalized spacial score (nSPS) is 10.6. The first-order valence-corrected chi connectivity index (χ1v) is 5.75. The monoisotopic (exact) mass is 236 g/mol. The van der Waals surface area contributed by atoms with Crippen LogP contribution in [0.5, 0.6) is 0 Å². The third-order valence-corrected chi connectivity index (χ3v) is 2.71. The Kier molecular flexibility index (Phi) is 4.52. The summed E-state index contributed by atoms with van der Waals surface area (Å²) in [7, 11) is 0. The third-order valence-electron chi connectivity index (χ3n) is 2.71. The number of carbonyl (C=O) groups is 1. The lowest BCUT2D eigenvalue weighted by atomic mass is 10.1. The highest BCUT2D eigenvalue weighted by atomic mass is 16.3. The molecule has 0 amide bonds. The minimum absolute atomic E-state index is 0.0444. The smallest absolute Gasteiger partial charge is 0.161 e. The Bertz CT molecular complexity index is 402. The van der Waals surface area contributed by atoms with Crippen molar-refractivity contribution < 1.29 is 9.90 Å². The van der Waals surface area contributed by atoms with E-state index in [1.165, 1.54) is 6.92 Å². The number of nitrogen functional groups attached to an aromatic ring is 1. The molecule has 3 N–H and O–H groups in total. The van der Waals surface area contributed by atoms with Gasteiger partial charge in [-0.05, 0) is 39.0 Å². The fourth-order valence-electron chi connectivity index (χ4n) is 1.82. The highest BCUT2D eigenvalue weighted by Crippen LogP contribution is 2.23. The van der Waals surface area contributed by atoms with Gasteiger partial charge in [0.1, 0.15) is 0 Å². The lowest BCUT2D eigenvalue weighted by Crippen LogP contribution is -2.33. The summed E-state index contributed by atoms with van der Waals surface area (Å²) in [6.07, 6.45) is 0. The average molecular weight is 236 g/mol. The number of nitrogens with zero attached hydrogens (tertiary/aromatic N) is 1. The first-order chi connectivity index (χ1) is 7.97. The second kappa shape index (κ2) is 5.68. The minimum Gasteiger partial charge on any atom is -0.398 e. The largest absolute Gasteiger partial charge is 0.398 e. The van der Waals surface area contributed by atoms with Gasteiger partial charge in [0, 0.05) is 29.5 Å². The van der Waals surface area contributed by atoms with Gasteiger partial charge >= 0.3 is 0 Å². The van der Waals surface area contributed by atoms with E-state index < -0.39 is 0 Å². The van der Waals surface area contributed by atoms with Gasteiger partial charge in [0.05, 0.1) is 6.61 Å². The second-order valence-electron chi connectivity index (χ2n) is 4.34. The van der Waals surface area contributed by atoms with Crippen LogP contribution >= 0.6 is 0 Å². The maximum atomic E-state index is 11.4. The van der Waals surface area contributed by atoms with E-state index in [9.17, 15) is 4.79 Å². The summed E-state index contributed by atoms with van der Waals surface area (Å²) in [4.78, 5) is 13.5. The summed E-state index contributed by atoms with van der Waals surface area (Å²) in [5.41, 5.74) is 7.69. The van der Waals surface area contributed by atoms with Crippen molar-refractivity contribution in [1.82, 2.24) is 0 Å². The van der Waals surface area contributed by atoms with E-state index in [1.54, 1.807) is 12.1 Å². The van der Waals surface area contributed by atoms with Gasteiger partial charge in [-0.25, -0.2) is 0 Å². The molecular formula is C13H20N2O2. The van der Waals surface area contributed by atoms with Crippen LogP contribution in [0.15, 0.2) is 18.2 Å². The van der Waals surface area contributed by atoms with Crippen LogP contribution < -0.4 is 10.6 Å². The van der Waals surface area contributed by atoms with Gasteiger partial charge in [0.25, 0.3) is 0 Å². The fraction of sp³-hybridized carbons (Fsp3) is 0.462. The zero-order valence-electron chi connectivity index (χ0n) is 10.6. The van der Waals surface area contributed by atoms with Crippen molar-refractivity contribution in [2.75, 3.05) is 23.8 Å². The predicted octanol–water partition coefficient (Wildman–Crippen LogP) is 1.68. The number of benzene rings is 1. The summed E-state index contributed by atoms with van der Waals surface area (Å²) in [6, 6.07) is 5.65. The number of anilines is 2. The maximum Gasteiger partial charge on any atom is 0.161 e. The van der Waals surface area contributed by atoms with Crippen LogP contribution in [0.25, 0.3) is 0 Å². The summed E-state index contributed by atoms with van der Waals surface area (Å²) in [5.74, 6) is -0.0444. The van der Waals surface area contributed by atoms with E-state index in [4.69, 9.17) is 10.8 Å². The summed E-state index contributed by atoms with van der Waals surface area (Å²) in [5, 5.41) is 9.05. The lowest BCUT2D eigenvalue weighted by molar-refractivity contribution is 0.101. The number of hydrogen-bond acceptors (Lipinski definition) is 4. The first kappa shape index (κ1) is 13.5. The Balaban J connectivity index is 3.12. The number of aliphatic hydroxyl groups is 1. The molecule has 0 spiro atoms. The Morgan fingerprint density at radius 3 is 2.59 bits per heavy atom. The molecule has 0 bridgehead atoms. The van der Waals surface area contributed by atoms with E-state index in [1.807, 2.05) is 24.8 Å². The summed E-state index contributed by atoms with van der Waals surface area (Å²) < 4.78 is 0. The molecule has 0 aliphatic rings. The van der Waals surface area contributed by atoms with Crippen LogP contribution in [0.3, 0.4) is 0 Å². The average Bonchev–Trinajstić information content (AvgIpc) is 2.26. The van der Waals surface area contributed by atoms with Gasteiger partial charge in [-0.3, -0.25) is 4.79 Å². The molecule has 4 heteroatoms. The van der Waals surface area contributed by atoms with E-state index in [2.05, 4.69) is 0 Å². The molecule has 0 aromatic heterocycles. The molecule has 4 nitrogen and oxygen atoms in total. The molecule has 1 aromatic carbocycles. The van der Waals surface area contributed by atoms with Crippen molar-refractivity contribution in [3.8, 4) is 0 Å². The van der Waals surface area contributed by atoms with Crippen LogP contribution in [0.2, 0.25) is 0 Å². The van der Waals surface area contributed by atoms with E-state index in [0.29, 0.717) is 17.8 Å². The number of carbonyl (C=O) groups excluding carboxylic acids is 1. The summed E-state index contributed by atoms with van der Waals surface area (Å²) in [6.45, 7) is 6.21. The van der Waals surface area contributed by atoms with Crippen molar-refractivity contribution in [3.63, 3.8) is 0 Å². The van der Waals surface area contributed by atoms with Gasteiger partial charge in [0.15, 0.2) is 5.78 Å². The van der Waals surface area contributed by atoms with Crippen molar-refractivity contribution in [2.24, 2.45) is 0 Å². The zero-order valence-corrected chi connectivity index (χ0v) is 10.6. The molecule has 1 rings (SSSR count). The Hall–Kier alpha value is -1.55. The van der Waals surface area contributed by atoms with Crippen molar-refractivity contribution in [1.29, 1.82) is 0 Å². The number of ketones is 1. The number of rotatable bonds is 5. The van der Waals surface area contributed by atoms with Crippen molar-refractivity contribution in [2.45, 2.75) is 26.8 Å². The third kappa shape index (κ3) is 3.20. The lowest BCUT2D eigenvalue weighted by Gasteiger charge is -2.28. The van der Waals surface area contributed by atoms with Crippen LogP contribution in [-0.2, 0) is 0 Å². The Morgan fingerprint density at radius 1 is 1.47 bits per heavy atom. The molecule has 0 aliphatic carbocycles. The zero-order chi connectivity index (χ0) is 13.0. The molecule has 94 valence electrons. The number of nitrogens with two attached hydrogens (primary N) is 1. The molecule has 1 aromatic rings. The highest BCUT2D eigenvalue weighted by molar-refractivity contribution is 6.00. The molecule has 17 heavy (non-hydrogen) atoms. The number of Topliss-reactive ketones (excluding diaryl/α,β-unsaturated/α-hetero) is 1. The number of aliphatic hydroxyl groups excluding tert-OH is 1. The quantitative estimate of drug-likeness (QED) is 0.603. The van der Waals surface area contributed by atoms with Crippen molar-refractivity contribution >= 4 is 17.2 Å². The number of hydrogen-bond donors (Lipinski definition) is 2. The molecule has 0 unspecified atom stereocenters. The molecule has 0 fully saturated rings. The molecule has 0 atom stereocenters. The molecule has 0 radical (unpaired) electrons. The predicted molar refractivity (Wildman–Crippen MR) is 70.4 cm³/mol. The first-order valence-electron chi connectivity index (χ1n) is 5.75. The van der Waals surface area contributed by atoms with E-state index >= 15 is 0 Å². The van der Waals surface area contributed by atoms with Crippen LogP contribution in [0, 0.1) is 0 Å². The SMILES string of the molecule is CC(=O)c1cc(N(CCO)C(C)C)ccc1N. The van der Waals surface area contributed by atoms with Gasteiger partial charge in [-0.1, -0.05) is 0 Å². The van der Waals surface area contributed by atoms with Gasteiger partial charge in [-0.15, -0.1) is 0 Å². The highest BCUT2D eigenvalue weighted by Gasteiger charge is 2.13. The maximum absolute atomic E-state index is 11.4. The second-order valence-corrected chi connectivity index (χ2v) is 4.34. The standard InChI is InChI=1S/C13H20N2O2/c1-9(2)15(6-7-16)11-4-5-13(14)12(8-11)10(3)17/h4-5,8-9,16H,6-7,14H2,1-3H3. The minimum atomic E-state index is -0.0444. The van der Waals surface area contributed by atoms with Gasteiger partial charge in [0.2, 0.25) is 0 Å². The van der Waals surface area contributed by atoms with E-state index in [0.717, 1.165) is 5.69 Å². The van der Waals surface area contributed by atoms with Crippen molar-refractivity contribution in [3.05, 3.63) is 23.8 Å². The Labute approximate surface area is 102 Å².